The highest BCUT2D eigenvalue weighted by Crippen LogP contribution is 2.33. The molecule has 1 aromatic carbocycles. The highest BCUT2D eigenvalue weighted by molar-refractivity contribution is 7.90. The first-order chi connectivity index (χ1) is 10.7. The molecular weight excluding hydrogens is 312 g/mol. The van der Waals surface area contributed by atoms with Crippen LogP contribution in [0.3, 0.4) is 0 Å². The van der Waals surface area contributed by atoms with Crippen LogP contribution in [0.25, 0.3) is 0 Å². The van der Waals surface area contributed by atoms with E-state index < -0.39 is 21.2 Å². The molecule has 0 heterocycles. The second-order valence-electron chi connectivity index (χ2n) is 6.58. The third-order valence-corrected chi connectivity index (χ3v) is 6.33. The molecule has 23 heavy (non-hydrogen) atoms. The van der Waals surface area contributed by atoms with Crippen LogP contribution in [-0.4, -0.2) is 38.6 Å². The van der Waals surface area contributed by atoms with Gasteiger partial charge in [-0.25, -0.2) is 13.1 Å². The van der Waals surface area contributed by atoms with E-state index >= 15 is 0 Å². The minimum Gasteiger partial charge on any atom is -0.348 e. The number of sulfonamides is 1. The summed E-state index contributed by atoms with van der Waals surface area (Å²) in [5.41, 5.74) is 2.22. The van der Waals surface area contributed by atoms with Crippen molar-refractivity contribution in [3.8, 4) is 0 Å². The average molecular weight is 338 g/mol. The van der Waals surface area contributed by atoms with Crippen molar-refractivity contribution in [2.24, 2.45) is 5.92 Å². The molecule has 0 radical (unpaired) electrons. The lowest BCUT2D eigenvalue weighted by molar-refractivity contribution is -0.127. The van der Waals surface area contributed by atoms with E-state index in [1.165, 1.54) is 17.4 Å². The van der Waals surface area contributed by atoms with Gasteiger partial charge in [0.05, 0.1) is 0 Å². The number of amides is 1. The van der Waals surface area contributed by atoms with Crippen LogP contribution in [0.5, 0.6) is 0 Å². The molecule has 2 rings (SSSR count). The summed E-state index contributed by atoms with van der Waals surface area (Å²) in [5, 5.41) is -1.10. The molecule has 0 fully saturated rings. The van der Waals surface area contributed by atoms with Crippen LogP contribution >= 0.6 is 0 Å². The van der Waals surface area contributed by atoms with E-state index in [-0.39, 0.29) is 12.0 Å². The SMILES string of the molecule is C[C@@H]1CCCc2ccccc2[C@@H]1NS(=O)(=O)[C@H](C)C(=O)N(C)C. The molecule has 128 valence electrons. The number of aryl methyl sites for hydroxylation is 1. The topological polar surface area (TPSA) is 66.5 Å². The Labute approximate surface area is 139 Å². The molecule has 1 aromatic rings. The molecule has 1 amide bonds. The summed E-state index contributed by atoms with van der Waals surface area (Å²) < 4.78 is 28.1. The van der Waals surface area contributed by atoms with Gasteiger partial charge in [-0.3, -0.25) is 4.79 Å². The Bertz CT molecular complexity index is 670. The Morgan fingerprint density at radius 2 is 1.96 bits per heavy atom. The Kier molecular flexibility index (Phi) is 5.47. The number of hydrogen-bond donors (Lipinski definition) is 1. The monoisotopic (exact) mass is 338 g/mol. The first-order valence-electron chi connectivity index (χ1n) is 8.04. The lowest BCUT2D eigenvalue weighted by Crippen LogP contribution is -2.45. The molecule has 1 N–H and O–H groups in total. The number of nitrogens with one attached hydrogen (secondary N) is 1. The summed E-state index contributed by atoms with van der Waals surface area (Å²) in [7, 11) is -0.602. The fraction of sp³-hybridized carbons (Fsp3) is 0.588. The molecule has 0 unspecified atom stereocenters. The second kappa shape index (κ2) is 7.01. The zero-order chi connectivity index (χ0) is 17.2. The van der Waals surface area contributed by atoms with Gasteiger partial charge in [0.1, 0.15) is 0 Å². The molecular formula is C17H26N2O3S. The van der Waals surface area contributed by atoms with E-state index in [1.807, 2.05) is 18.2 Å². The van der Waals surface area contributed by atoms with Crippen LogP contribution in [0.1, 0.15) is 43.9 Å². The van der Waals surface area contributed by atoms with Crippen LogP contribution in [0, 0.1) is 5.92 Å². The van der Waals surface area contributed by atoms with Crippen molar-refractivity contribution in [2.75, 3.05) is 14.1 Å². The molecule has 0 aliphatic heterocycles. The molecule has 0 aromatic heterocycles. The molecule has 0 bridgehead atoms. The highest BCUT2D eigenvalue weighted by Gasteiger charge is 2.34. The van der Waals surface area contributed by atoms with Crippen molar-refractivity contribution in [3.05, 3.63) is 35.4 Å². The third kappa shape index (κ3) is 3.93. The van der Waals surface area contributed by atoms with Crippen LogP contribution in [0.4, 0.5) is 0 Å². The summed E-state index contributed by atoms with van der Waals surface area (Å²) in [6, 6.07) is 7.69. The summed E-state index contributed by atoms with van der Waals surface area (Å²) in [4.78, 5) is 13.3. The van der Waals surface area contributed by atoms with Gasteiger partial charge in [-0.05, 0) is 43.2 Å². The van der Waals surface area contributed by atoms with Gasteiger partial charge in [-0.2, -0.15) is 0 Å². The Hall–Kier alpha value is -1.40. The first-order valence-corrected chi connectivity index (χ1v) is 9.58. The lowest BCUT2D eigenvalue weighted by Gasteiger charge is -2.27. The van der Waals surface area contributed by atoms with Gasteiger partial charge in [-0.15, -0.1) is 0 Å². The maximum Gasteiger partial charge on any atom is 0.241 e. The van der Waals surface area contributed by atoms with E-state index in [1.54, 1.807) is 14.1 Å². The zero-order valence-corrected chi connectivity index (χ0v) is 15.1. The van der Waals surface area contributed by atoms with Crippen LogP contribution in [0.2, 0.25) is 0 Å². The maximum absolute atomic E-state index is 12.7. The van der Waals surface area contributed by atoms with Crippen molar-refractivity contribution >= 4 is 15.9 Å². The fourth-order valence-corrected chi connectivity index (χ4v) is 4.50. The van der Waals surface area contributed by atoms with Crippen molar-refractivity contribution in [1.82, 2.24) is 9.62 Å². The van der Waals surface area contributed by atoms with E-state index in [4.69, 9.17) is 0 Å². The number of rotatable bonds is 4. The van der Waals surface area contributed by atoms with Gasteiger partial charge in [0.15, 0.2) is 5.25 Å². The van der Waals surface area contributed by atoms with Crippen molar-refractivity contribution in [2.45, 2.75) is 44.4 Å². The van der Waals surface area contributed by atoms with Gasteiger partial charge in [-0.1, -0.05) is 31.2 Å². The maximum atomic E-state index is 12.7. The third-order valence-electron chi connectivity index (χ3n) is 4.61. The van der Waals surface area contributed by atoms with Crippen LogP contribution in [-0.2, 0) is 21.2 Å². The fourth-order valence-electron chi connectivity index (χ4n) is 3.11. The average Bonchev–Trinajstić information content (AvgIpc) is 2.65. The predicted molar refractivity (Wildman–Crippen MR) is 91.5 cm³/mol. The molecule has 0 spiro atoms. The van der Waals surface area contributed by atoms with Gasteiger partial charge < -0.3 is 4.90 Å². The summed E-state index contributed by atoms with van der Waals surface area (Å²) >= 11 is 0. The van der Waals surface area contributed by atoms with Crippen LogP contribution < -0.4 is 4.72 Å². The van der Waals surface area contributed by atoms with E-state index in [0.29, 0.717) is 0 Å². The second-order valence-corrected chi connectivity index (χ2v) is 8.62. The lowest BCUT2D eigenvalue weighted by atomic mass is 9.93. The minimum atomic E-state index is -3.74. The number of hydrogen-bond acceptors (Lipinski definition) is 3. The quantitative estimate of drug-likeness (QED) is 0.855. The van der Waals surface area contributed by atoms with Gasteiger partial charge in [0.25, 0.3) is 0 Å². The summed E-state index contributed by atoms with van der Waals surface area (Å²) in [6.45, 7) is 3.51. The van der Waals surface area contributed by atoms with Crippen LogP contribution in [0.15, 0.2) is 24.3 Å². The molecule has 1 aliphatic rings. The predicted octanol–water partition coefficient (Wildman–Crippen LogP) is 2.10. The molecule has 6 heteroatoms. The number of carbonyl (C=O) groups excluding carboxylic acids is 1. The number of fused-ring (bicyclic) bond motifs is 1. The smallest absolute Gasteiger partial charge is 0.241 e. The van der Waals surface area contributed by atoms with E-state index in [0.717, 1.165) is 24.8 Å². The van der Waals surface area contributed by atoms with E-state index in [2.05, 4.69) is 17.7 Å². The number of nitrogens with zero attached hydrogens (tertiary/aromatic N) is 1. The minimum absolute atomic E-state index is 0.190. The van der Waals surface area contributed by atoms with Crippen molar-refractivity contribution < 1.29 is 13.2 Å². The Balaban J connectivity index is 2.32. The van der Waals surface area contributed by atoms with Gasteiger partial charge in [0, 0.05) is 20.1 Å². The molecule has 0 saturated carbocycles. The highest BCUT2D eigenvalue weighted by atomic mass is 32.2. The zero-order valence-electron chi connectivity index (χ0n) is 14.2. The van der Waals surface area contributed by atoms with Gasteiger partial charge in [0.2, 0.25) is 15.9 Å². The molecule has 1 aliphatic carbocycles. The number of carbonyl (C=O) groups is 1. The molecule has 0 saturated heterocycles. The van der Waals surface area contributed by atoms with Crippen molar-refractivity contribution in [3.63, 3.8) is 0 Å². The Morgan fingerprint density at radius 3 is 2.61 bits per heavy atom. The standard InChI is InChI=1S/C17H26N2O3S/c1-12-8-7-10-14-9-5-6-11-15(14)16(12)18-23(21,22)13(2)17(20)19(3)4/h5-6,9,11-13,16,18H,7-8,10H2,1-4H3/t12-,13-,16-/m1/s1. The molecule has 3 atom stereocenters. The largest absolute Gasteiger partial charge is 0.348 e. The van der Waals surface area contributed by atoms with Crippen molar-refractivity contribution in [1.29, 1.82) is 0 Å². The number of benzene rings is 1. The first kappa shape index (κ1) is 17.9. The summed E-state index contributed by atoms with van der Waals surface area (Å²) in [6.07, 6.45) is 2.96. The Morgan fingerprint density at radius 1 is 1.30 bits per heavy atom. The van der Waals surface area contributed by atoms with E-state index in [9.17, 15) is 13.2 Å². The normalized spacial score (nSPS) is 22.8. The van der Waals surface area contributed by atoms with Gasteiger partial charge >= 0.3 is 0 Å². The molecule has 5 nitrogen and oxygen atoms in total. The summed E-state index contributed by atoms with van der Waals surface area (Å²) in [5.74, 6) is -0.220.